The molecule has 3 aliphatic heterocycles. The predicted octanol–water partition coefficient (Wildman–Crippen LogP) is 4.56. The van der Waals surface area contributed by atoms with Crippen LogP contribution in [0.2, 0.25) is 0 Å². The molecule has 3 aliphatic rings. The second kappa shape index (κ2) is 13.0. The number of nitrogens with two attached hydrogens (primary N) is 1. The number of nitrogens with one attached hydrogen (secondary N) is 1. The zero-order chi connectivity index (χ0) is 34.3. The van der Waals surface area contributed by atoms with E-state index >= 15 is 0 Å². The molecule has 2 aromatic carbocycles. The third-order valence-corrected chi connectivity index (χ3v) is 9.89. The lowest BCUT2D eigenvalue weighted by molar-refractivity contribution is -0.132. The molecule has 252 valence electrons. The number of amides is 2. The Morgan fingerprint density at radius 3 is 2.51 bits per heavy atom. The molecular formula is C36H37F2N9O2. The van der Waals surface area contributed by atoms with E-state index in [4.69, 9.17) is 11.1 Å². The summed E-state index contributed by atoms with van der Waals surface area (Å²) >= 11 is 0. The molecule has 1 atom stereocenters. The number of rotatable bonds is 8. The molecule has 3 N–H and O–H groups in total. The Hall–Kier alpha value is -5.30. The highest BCUT2D eigenvalue weighted by atomic mass is 19.3. The molecule has 7 rings (SSSR count). The van der Waals surface area contributed by atoms with Crippen LogP contribution in [0.25, 0.3) is 17.0 Å². The number of likely N-dealkylation sites (tertiary alicyclic amines) is 1. The van der Waals surface area contributed by atoms with Gasteiger partial charge in [0.05, 0.1) is 17.7 Å². The van der Waals surface area contributed by atoms with Crippen LogP contribution in [0.3, 0.4) is 0 Å². The molecule has 1 spiro atoms. The molecule has 2 aromatic heterocycles. The monoisotopic (exact) mass is 665 g/mol. The highest BCUT2D eigenvalue weighted by Gasteiger charge is 2.51. The van der Waals surface area contributed by atoms with Crippen LogP contribution in [-0.2, 0) is 16.6 Å². The zero-order valence-corrected chi connectivity index (χ0v) is 27.1. The molecule has 13 heteroatoms. The Bertz CT molecular complexity index is 1960. The third kappa shape index (κ3) is 6.33. The molecule has 2 amide bonds. The molecule has 2 fully saturated rings. The number of hydrogen-bond acceptors (Lipinski definition) is 8. The van der Waals surface area contributed by atoms with Crippen molar-refractivity contribution in [2.75, 3.05) is 49.9 Å². The van der Waals surface area contributed by atoms with Crippen LogP contribution in [-0.4, -0.2) is 86.3 Å². The van der Waals surface area contributed by atoms with Gasteiger partial charge in [0.15, 0.2) is 5.82 Å². The van der Waals surface area contributed by atoms with Crippen LogP contribution >= 0.6 is 0 Å². The molecule has 0 aliphatic carbocycles. The lowest BCUT2D eigenvalue weighted by Gasteiger charge is -2.29. The largest absolute Gasteiger partial charge is 0.398 e. The summed E-state index contributed by atoms with van der Waals surface area (Å²) in [5.41, 5.74) is 10.0. The number of nitrogen functional groups attached to an aromatic ring is 1. The second-order valence-corrected chi connectivity index (χ2v) is 13.0. The maximum absolute atomic E-state index is 13.9. The van der Waals surface area contributed by atoms with E-state index in [1.807, 2.05) is 24.1 Å². The van der Waals surface area contributed by atoms with Gasteiger partial charge in [-0.25, -0.2) is 13.8 Å². The van der Waals surface area contributed by atoms with Crippen molar-refractivity contribution in [2.45, 2.75) is 25.7 Å². The molecular weight excluding hydrogens is 628 g/mol. The Kier molecular flexibility index (Phi) is 8.53. The molecule has 5 heterocycles. The molecule has 11 nitrogen and oxygen atoms in total. The number of benzene rings is 2. The topological polar surface area (TPSA) is 137 Å². The summed E-state index contributed by atoms with van der Waals surface area (Å²) in [6.45, 7) is 3.11. The standard InChI is InChI=1S/C36H37F2N9O2/c1-44-22-42-34(43-44)25-4-2-23(3-5-25)24-9-14-46(15-10-24)31(48)20-45-16-11-36(21-45)12-17-47(35(36)49)27-6-7-29(39)28(19-27)32(40)26-8-13-41-30(18-26)33(37)38/h2-9,13,18-19,22,33,40H,10-12,14-17,20-21,39H2,1H3/t36-/m0/s1. The summed E-state index contributed by atoms with van der Waals surface area (Å²) in [6, 6.07) is 15.9. The van der Waals surface area contributed by atoms with Crippen LogP contribution < -0.4 is 10.6 Å². The number of anilines is 2. The smallest absolute Gasteiger partial charge is 0.280 e. The van der Waals surface area contributed by atoms with E-state index in [1.165, 1.54) is 23.9 Å². The van der Waals surface area contributed by atoms with Crippen LogP contribution in [0.15, 0.2) is 73.2 Å². The van der Waals surface area contributed by atoms with Crippen molar-refractivity contribution in [3.05, 3.63) is 95.6 Å². The summed E-state index contributed by atoms with van der Waals surface area (Å²) in [5, 5.41) is 13.0. The number of carbonyl (C=O) groups is 2. The van der Waals surface area contributed by atoms with Crippen LogP contribution in [0.5, 0.6) is 0 Å². The van der Waals surface area contributed by atoms with E-state index in [-0.39, 0.29) is 29.6 Å². The van der Waals surface area contributed by atoms with Crippen molar-refractivity contribution in [3.63, 3.8) is 0 Å². The minimum atomic E-state index is -2.76. The highest BCUT2D eigenvalue weighted by molar-refractivity contribution is 6.14. The van der Waals surface area contributed by atoms with Gasteiger partial charge in [-0.1, -0.05) is 30.3 Å². The fraction of sp³-hybridized carbons (Fsp3) is 0.333. The number of aryl methyl sites for hydroxylation is 1. The fourth-order valence-electron chi connectivity index (χ4n) is 7.10. The predicted molar refractivity (Wildman–Crippen MR) is 182 cm³/mol. The molecule has 2 saturated heterocycles. The van der Waals surface area contributed by atoms with Crippen molar-refractivity contribution < 1.29 is 18.4 Å². The van der Waals surface area contributed by atoms with Crippen molar-refractivity contribution in [2.24, 2.45) is 12.5 Å². The highest BCUT2D eigenvalue weighted by Crippen LogP contribution is 2.43. The maximum Gasteiger partial charge on any atom is 0.280 e. The summed E-state index contributed by atoms with van der Waals surface area (Å²) in [7, 11) is 1.84. The van der Waals surface area contributed by atoms with Crippen molar-refractivity contribution in [1.29, 1.82) is 5.41 Å². The van der Waals surface area contributed by atoms with Gasteiger partial charge >= 0.3 is 0 Å². The first kappa shape index (κ1) is 32.3. The van der Waals surface area contributed by atoms with Crippen molar-refractivity contribution in [3.8, 4) is 11.4 Å². The van der Waals surface area contributed by atoms with Crippen LogP contribution in [0.1, 0.15) is 48.1 Å². The number of nitrogens with zero attached hydrogens (tertiary/aromatic N) is 7. The van der Waals surface area contributed by atoms with Crippen LogP contribution in [0.4, 0.5) is 20.2 Å². The number of hydrogen-bond donors (Lipinski definition) is 2. The van der Waals surface area contributed by atoms with Gasteiger partial charge in [-0.15, -0.1) is 0 Å². The molecule has 0 bridgehead atoms. The number of alkyl halides is 2. The SMILES string of the molecule is Cn1cnc(-c2ccc(C3=CCN(C(=O)CN4CC[C@]5(CCN(c6ccc(N)c(C(=N)c7ccnc(C(F)F)c7)c6)C5=O)C4)CC3)cc2)n1. The number of aromatic nitrogens is 4. The molecule has 0 radical (unpaired) electrons. The van der Waals surface area contributed by atoms with Crippen molar-refractivity contribution >= 4 is 34.5 Å². The fourth-order valence-corrected chi connectivity index (χ4v) is 7.10. The lowest BCUT2D eigenvalue weighted by atomic mass is 9.85. The minimum Gasteiger partial charge on any atom is -0.398 e. The normalized spacial score (nSPS) is 19.7. The maximum atomic E-state index is 13.9. The van der Waals surface area contributed by atoms with E-state index in [0.29, 0.717) is 68.3 Å². The number of pyridine rings is 1. The first-order valence-corrected chi connectivity index (χ1v) is 16.3. The number of halogens is 2. The van der Waals surface area contributed by atoms with E-state index in [0.717, 1.165) is 17.5 Å². The zero-order valence-electron chi connectivity index (χ0n) is 27.1. The minimum absolute atomic E-state index is 0.0102. The van der Waals surface area contributed by atoms with E-state index in [9.17, 15) is 18.4 Å². The third-order valence-electron chi connectivity index (χ3n) is 9.89. The van der Waals surface area contributed by atoms with E-state index in [1.54, 1.807) is 34.1 Å². The second-order valence-electron chi connectivity index (χ2n) is 13.0. The average molecular weight is 666 g/mol. The van der Waals surface area contributed by atoms with Gasteiger partial charge in [0.2, 0.25) is 11.8 Å². The van der Waals surface area contributed by atoms with Gasteiger partial charge in [0, 0.05) is 67.5 Å². The Morgan fingerprint density at radius 1 is 1.02 bits per heavy atom. The molecule has 0 unspecified atom stereocenters. The summed E-state index contributed by atoms with van der Waals surface area (Å²) in [4.78, 5) is 40.9. The Morgan fingerprint density at radius 2 is 1.80 bits per heavy atom. The summed E-state index contributed by atoms with van der Waals surface area (Å²) in [5.74, 6) is 0.731. The van der Waals surface area contributed by atoms with Gasteiger partial charge in [0.1, 0.15) is 12.0 Å². The van der Waals surface area contributed by atoms with E-state index < -0.39 is 17.5 Å². The molecule has 0 saturated carbocycles. The quantitative estimate of drug-likeness (QED) is 0.208. The number of carbonyl (C=O) groups excluding carboxylic acids is 2. The van der Waals surface area contributed by atoms with Crippen LogP contribution in [0, 0.1) is 10.8 Å². The van der Waals surface area contributed by atoms with E-state index in [2.05, 4.69) is 38.2 Å². The van der Waals surface area contributed by atoms with Gasteiger partial charge in [0.25, 0.3) is 6.43 Å². The molecule has 49 heavy (non-hydrogen) atoms. The van der Waals surface area contributed by atoms with Gasteiger partial charge in [-0.2, -0.15) is 5.10 Å². The summed E-state index contributed by atoms with van der Waals surface area (Å²) < 4.78 is 28.1. The van der Waals surface area contributed by atoms with Crippen molar-refractivity contribution in [1.82, 2.24) is 29.5 Å². The van der Waals surface area contributed by atoms with Gasteiger partial charge < -0.3 is 15.5 Å². The lowest BCUT2D eigenvalue weighted by Crippen LogP contribution is -2.43. The summed E-state index contributed by atoms with van der Waals surface area (Å²) in [6.07, 6.45) is 4.36. The van der Waals surface area contributed by atoms with Gasteiger partial charge in [-0.3, -0.25) is 29.6 Å². The Balaban J connectivity index is 0.963. The van der Waals surface area contributed by atoms with Gasteiger partial charge in [-0.05, 0) is 67.3 Å². The first-order chi connectivity index (χ1) is 23.6. The average Bonchev–Trinajstić information content (AvgIpc) is 3.83. The first-order valence-electron chi connectivity index (χ1n) is 16.3. The molecule has 4 aromatic rings. The Labute approximate surface area is 282 Å².